The molecule has 1 heterocycles. The Labute approximate surface area is 118 Å². The number of hydrogen-bond acceptors (Lipinski definition) is 3. The van der Waals surface area contributed by atoms with Crippen LogP contribution in [0.1, 0.15) is 23.9 Å². The van der Waals surface area contributed by atoms with Crippen LogP contribution in [0.4, 0.5) is 0 Å². The van der Waals surface area contributed by atoms with Gasteiger partial charge >= 0.3 is 0 Å². The lowest BCUT2D eigenvalue weighted by Gasteiger charge is -2.24. The van der Waals surface area contributed by atoms with E-state index in [9.17, 15) is 10.1 Å². The first-order valence-corrected chi connectivity index (χ1v) is 6.47. The molecule has 1 aromatic heterocycles. The minimum Gasteiger partial charge on any atom is -0.298 e. The standard InChI is InChI=1S/C16H17N3O/c1-12-9-15(19(3)18-12)10-16(11-17,13(2)20)14-7-5-4-6-8-14/h4-9H,10H2,1-3H3. The summed E-state index contributed by atoms with van der Waals surface area (Å²) in [6.45, 7) is 3.37. The van der Waals surface area contributed by atoms with Gasteiger partial charge in [0.15, 0.2) is 5.78 Å². The molecule has 1 atom stereocenters. The van der Waals surface area contributed by atoms with E-state index >= 15 is 0 Å². The van der Waals surface area contributed by atoms with Gasteiger partial charge in [0.2, 0.25) is 0 Å². The molecule has 0 saturated carbocycles. The molecule has 0 aliphatic rings. The zero-order valence-corrected chi connectivity index (χ0v) is 11.9. The number of nitrogens with zero attached hydrogens (tertiary/aromatic N) is 3. The Morgan fingerprint density at radius 2 is 2.05 bits per heavy atom. The Morgan fingerprint density at radius 1 is 1.40 bits per heavy atom. The Morgan fingerprint density at radius 3 is 2.50 bits per heavy atom. The van der Waals surface area contributed by atoms with Crippen LogP contribution in [0.25, 0.3) is 0 Å². The van der Waals surface area contributed by atoms with E-state index < -0.39 is 5.41 Å². The molecular weight excluding hydrogens is 250 g/mol. The van der Waals surface area contributed by atoms with Gasteiger partial charge in [0.25, 0.3) is 0 Å². The summed E-state index contributed by atoms with van der Waals surface area (Å²) in [5.74, 6) is -0.148. The molecule has 0 fully saturated rings. The zero-order chi connectivity index (χ0) is 14.8. The third kappa shape index (κ3) is 2.35. The molecule has 1 aromatic carbocycles. The van der Waals surface area contributed by atoms with E-state index in [-0.39, 0.29) is 5.78 Å². The van der Waals surface area contributed by atoms with Crippen LogP contribution in [-0.4, -0.2) is 15.6 Å². The predicted molar refractivity (Wildman–Crippen MR) is 76.1 cm³/mol. The lowest BCUT2D eigenvalue weighted by Crippen LogP contribution is -2.35. The normalized spacial score (nSPS) is 13.5. The van der Waals surface area contributed by atoms with Crippen LogP contribution >= 0.6 is 0 Å². The van der Waals surface area contributed by atoms with E-state index in [4.69, 9.17) is 0 Å². The van der Waals surface area contributed by atoms with Crippen LogP contribution in [-0.2, 0) is 23.7 Å². The van der Waals surface area contributed by atoms with Gasteiger partial charge < -0.3 is 0 Å². The van der Waals surface area contributed by atoms with Crippen molar-refractivity contribution in [3.63, 3.8) is 0 Å². The van der Waals surface area contributed by atoms with Crippen molar-refractivity contribution in [1.82, 2.24) is 9.78 Å². The summed E-state index contributed by atoms with van der Waals surface area (Å²) >= 11 is 0. The largest absolute Gasteiger partial charge is 0.298 e. The van der Waals surface area contributed by atoms with Gasteiger partial charge in [-0.15, -0.1) is 0 Å². The maximum absolute atomic E-state index is 12.2. The van der Waals surface area contributed by atoms with Gasteiger partial charge in [0.05, 0.1) is 11.8 Å². The van der Waals surface area contributed by atoms with Crippen molar-refractivity contribution in [3.05, 3.63) is 53.3 Å². The SMILES string of the molecule is CC(=O)C(C#N)(Cc1cc(C)nn1C)c1ccccc1. The zero-order valence-electron chi connectivity index (χ0n) is 11.9. The van der Waals surface area contributed by atoms with Gasteiger partial charge in [-0.25, -0.2) is 0 Å². The van der Waals surface area contributed by atoms with Gasteiger partial charge in [-0.05, 0) is 25.5 Å². The maximum atomic E-state index is 12.2. The summed E-state index contributed by atoms with van der Waals surface area (Å²) in [6.07, 6.45) is 0.334. The van der Waals surface area contributed by atoms with Gasteiger partial charge in [-0.1, -0.05) is 30.3 Å². The fourth-order valence-electron chi connectivity index (χ4n) is 2.44. The highest BCUT2D eigenvalue weighted by Gasteiger charge is 2.38. The number of carbonyl (C=O) groups excluding carboxylic acids is 1. The number of ketones is 1. The molecule has 102 valence electrons. The molecule has 2 aromatic rings. The number of Topliss-reactive ketones (excluding diaryl/α,β-unsaturated/α-hetero) is 1. The highest BCUT2D eigenvalue weighted by molar-refractivity contribution is 5.91. The quantitative estimate of drug-likeness (QED) is 0.854. The Balaban J connectivity index is 2.52. The Bertz CT molecular complexity index is 667. The summed E-state index contributed by atoms with van der Waals surface area (Å²) in [5.41, 5.74) is 1.34. The second-order valence-corrected chi connectivity index (χ2v) is 5.02. The lowest BCUT2D eigenvalue weighted by atomic mass is 9.75. The van der Waals surface area contributed by atoms with Crippen molar-refractivity contribution in [1.29, 1.82) is 5.26 Å². The third-order valence-electron chi connectivity index (χ3n) is 3.60. The van der Waals surface area contributed by atoms with Crippen molar-refractivity contribution in [3.8, 4) is 6.07 Å². The van der Waals surface area contributed by atoms with Crippen LogP contribution in [0, 0.1) is 18.3 Å². The van der Waals surface area contributed by atoms with Crippen LogP contribution in [0.3, 0.4) is 0 Å². The molecular formula is C16H17N3O. The Kier molecular flexibility index (Phi) is 3.71. The number of nitriles is 1. The number of aryl methyl sites for hydroxylation is 2. The fourth-order valence-corrected chi connectivity index (χ4v) is 2.44. The first-order valence-electron chi connectivity index (χ1n) is 6.47. The monoisotopic (exact) mass is 267 g/mol. The molecule has 0 aliphatic heterocycles. The van der Waals surface area contributed by atoms with E-state index in [0.29, 0.717) is 6.42 Å². The molecule has 0 aliphatic carbocycles. The molecule has 0 saturated heterocycles. The maximum Gasteiger partial charge on any atom is 0.154 e. The summed E-state index contributed by atoms with van der Waals surface area (Å²) in [4.78, 5) is 12.2. The number of aromatic nitrogens is 2. The van der Waals surface area contributed by atoms with Crippen LogP contribution in [0.2, 0.25) is 0 Å². The fraction of sp³-hybridized carbons (Fsp3) is 0.312. The minimum atomic E-state index is -1.15. The smallest absolute Gasteiger partial charge is 0.154 e. The van der Waals surface area contributed by atoms with Gasteiger partial charge in [0.1, 0.15) is 5.41 Å². The van der Waals surface area contributed by atoms with E-state index in [1.54, 1.807) is 4.68 Å². The second-order valence-electron chi connectivity index (χ2n) is 5.02. The molecule has 0 amide bonds. The van der Waals surface area contributed by atoms with Gasteiger partial charge in [-0.2, -0.15) is 10.4 Å². The summed E-state index contributed by atoms with van der Waals surface area (Å²) in [6, 6.07) is 13.4. The third-order valence-corrected chi connectivity index (χ3v) is 3.60. The number of rotatable bonds is 4. The molecule has 4 nitrogen and oxygen atoms in total. The summed E-state index contributed by atoms with van der Waals surface area (Å²) in [5, 5.41) is 13.9. The minimum absolute atomic E-state index is 0.148. The van der Waals surface area contributed by atoms with E-state index in [1.807, 2.05) is 50.4 Å². The van der Waals surface area contributed by atoms with Gasteiger partial charge in [0, 0.05) is 19.2 Å². The summed E-state index contributed by atoms with van der Waals surface area (Å²) in [7, 11) is 1.83. The van der Waals surface area contributed by atoms with Crippen LogP contribution in [0.15, 0.2) is 36.4 Å². The number of benzene rings is 1. The Hall–Kier alpha value is -2.41. The average molecular weight is 267 g/mol. The first kappa shape index (κ1) is 14.0. The van der Waals surface area contributed by atoms with E-state index in [1.165, 1.54) is 6.92 Å². The van der Waals surface area contributed by atoms with Crippen molar-refractivity contribution in [2.24, 2.45) is 7.05 Å². The second kappa shape index (κ2) is 5.30. The molecule has 2 rings (SSSR count). The summed E-state index contributed by atoms with van der Waals surface area (Å²) < 4.78 is 1.73. The number of hydrogen-bond donors (Lipinski definition) is 0. The van der Waals surface area contributed by atoms with Crippen molar-refractivity contribution in [2.75, 3.05) is 0 Å². The molecule has 0 N–H and O–H groups in total. The van der Waals surface area contributed by atoms with E-state index in [2.05, 4.69) is 11.2 Å². The topological polar surface area (TPSA) is 58.7 Å². The highest BCUT2D eigenvalue weighted by Crippen LogP contribution is 2.29. The first-order chi connectivity index (χ1) is 9.49. The van der Waals surface area contributed by atoms with Gasteiger partial charge in [-0.3, -0.25) is 9.48 Å². The van der Waals surface area contributed by atoms with E-state index in [0.717, 1.165) is 17.0 Å². The lowest BCUT2D eigenvalue weighted by molar-refractivity contribution is -0.120. The molecule has 20 heavy (non-hydrogen) atoms. The molecule has 1 unspecified atom stereocenters. The molecule has 0 radical (unpaired) electrons. The molecule has 4 heteroatoms. The van der Waals surface area contributed by atoms with Crippen molar-refractivity contribution >= 4 is 5.78 Å². The van der Waals surface area contributed by atoms with Crippen molar-refractivity contribution < 1.29 is 4.79 Å². The average Bonchev–Trinajstić information content (AvgIpc) is 2.74. The molecule has 0 spiro atoms. The number of carbonyl (C=O) groups is 1. The van der Waals surface area contributed by atoms with Crippen LogP contribution < -0.4 is 0 Å². The predicted octanol–water partition coefficient (Wildman–Crippen LogP) is 2.32. The van der Waals surface area contributed by atoms with Crippen molar-refractivity contribution in [2.45, 2.75) is 25.7 Å². The van der Waals surface area contributed by atoms with Crippen LogP contribution in [0.5, 0.6) is 0 Å². The highest BCUT2D eigenvalue weighted by atomic mass is 16.1. The molecule has 0 bridgehead atoms.